The van der Waals surface area contributed by atoms with Crippen LogP contribution in [0.3, 0.4) is 0 Å². The van der Waals surface area contributed by atoms with Crippen LogP contribution in [0.25, 0.3) is 0 Å². The number of hydrogen-bond acceptors (Lipinski definition) is 2. The fraction of sp³-hybridized carbons (Fsp3) is 0.111. The van der Waals surface area contributed by atoms with Gasteiger partial charge in [-0.25, -0.2) is 8.42 Å². The highest BCUT2D eigenvalue weighted by atomic mass is 35.5. The normalized spacial score (nSPS) is 11.2. The van der Waals surface area contributed by atoms with Crippen LogP contribution in [0.2, 0.25) is 5.02 Å². The van der Waals surface area contributed by atoms with E-state index >= 15 is 0 Å². The van der Waals surface area contributed by atoms with Crippen LogP contribution in [-0.4, -0.2) is 14.2 Å². The van der Waals surface area contributed by atoms with Gasteiger partial charge >= 0.3 is 0 Å². The van der Waals surface area contributed by atoms with Crippen LogP contribution < -0.4 is 0 Å². The number of rotatable bonds is 3. The summed E-state index contributed by atoms with van der Waals surface area (Å²) in [5, 5.41) is 0.526. The molecule has 0 aliphatic heterocycles. The average Bonchev–Trinajstić information content (AvgIpc) is 2.05. The molecule has 0 N–H and O–H groups in total. The van der Waals surface area contributed by atoms with Crippen molar-refractivity contribution in [1.29, 1.82) is 0 Å². The van der Waals surface area contributed by atoms with Gasteiger partial charge in [0.1, 0.15) is 0 Å². The van der Waals surface area contributed by atoms with Crippen molar-refractivity contribution in [3.8, 4) is 0 Å². The average molecular weight is 217 g/mol. The van der Waals surface area contributed by atoms with E-state index in [1.165, 1.54) is 18.2 Å². The van der Waals surface area contributed by atoms with Gasteiger partial charge in [-0.05, 0) is 24.3 Å². The smallest absolute Gasteiger partial charge is 0.181 e. The largest absolute Gasteiger partial charge is 0.223 e. The minimum Gasteiger partial charge on any atom is -0.223 e. The Balaban J connectivity index is 3.08. The highest BCUT2D eigenvalue weighted by Gasteiger charge is 2.10. The standard InChI is InChI=1S/C9H9ClO2S/c1-2-7-13(11,12)9-5-3-8(10)4-6-9/h2-6H,1,7H2. The predicted octanol–water partition coefficient (Wildman–Crippen LogP) is 2.30. The molecule has 70 valence electrons. The third kappa shape index (κ3) is 2.57. The van der Waals surface area contributed by atoms with Gasteiger partial charge in [-0.15, -0.1) is 6.58 Å². The number of sulfone groups is 1. The zero-order chi connectivity index (χ0) is 9.90. The van der Waals surface area contributed by atoms with Gasteiger partial charge in [-0.1, -0.05) is 17.7 Å². The predicted molar refractivity (Wildman–Crippen MR) is 53.7 cm³/mol. The second kappa shape index (κ2) is 3.94. The fourth-order valence-corrected chi connectivity index (χ4v) is 2.07. The maximum absolute atomic E-state index is 11.4. The molecule has 0 saturated carbocycles. The molecule has 0 amide bonds. The van der Waals surface area contributed by atoms with Crippen LogP contribution in [0.15, 0.2) is 41.8 Å². The number of halogens is 1. The molecule has 1 aromatic carbocycles. The molecule has 1 aromatic rings. The molecule has 0 radical (unpaired) electrons. The molecule has 0 heterocycles. The molecular weight excluding hydrogens is 208 g/mol. The van der Waals surface area contributed by atoms with Crippen LogP contribution in [0.5, 0.6) is 0 Å². The highest BCUT2D eigenvalue weighted by Crippen LogP contribution is 2.15. The van der Waals surface area contributed by atoms with Crippen molar-refractivity contribution >= 4 is 21.4 Å². The van der Waals surface area contributed by atoms with Crippen molar-refractivity contribution in [1.82, 2.24) is 0 Å². The van der Waals surface area contributed by atoms with E-state index in [1.807, 2.05) is 0 Å². The third-order valence-electron chi connectivity index (χ3n) is 1.51. The van der Waals surface area contributed by atoms with Gasteiger partial charge in [-0.3, -0.25) is 0 Å². The molecular formula is C9H9ClO2S. The zero-order valence-corrected chi connectivity index (χ0v) is 8.48. The Kier molecular flexibility index (Phi) is 3.12. The lowest BCUT2D eigenvalue weighted by atomic mass is 10.4. The van der Waals surface area contributed by atoms with Gasteiger partial charge in [0.15, 0.2) is 9.84 Å². The molecule has 0 saturated heterocycles. The summed E-state index contributed by atoms with van der Waals surface area (Å²) in [5.74, 6) is -0.0470. The van der Waals surface area contributed by atoms with Crippen molar-refractivity contribution < 1.29 is 8.42 Å². The van der Waals surface area contributed by atoms with E-state index in [1.54, 1.807) is 12.1 Å². The van der Waals surface area contributed by atoms with E-state index in [4.69, 9.17) is 11.6 Å². The second-order valence-electron chi connectivity index (χ2n) is 2.52. The Labute approximate surface area is 82.8 Å². The van der Waals surface area contributed by atoms with E-state index in [0.717, 1.165) is 0 Å². The molecule has 0 spiro atoms. The minimum atomic E-state index is -3.20. The van der Waals surface area contributed by atoms with Crippen molar-refractivity contribution in [2.75, 3.05) is 5.75 Å². The lowest BCUT2D eigenvalue weighted by Crippen LogP contribution is -2.03. The lowest BCUT2D eigenvalue weighted by Gasteiger charge is -2.00. The Hall–Kier alpha value is -0.800. The Morgan fingerprint density at radius 2 is 1.85 bits per heavy atom. The first-order valence-corrected chi connectivity index (χ1v) is 5.68. The molecule has 0 atom stereocenters. The SMILES string of the molecule is C=CCS(=O)(=O)c1ccc(Cl)cc1. The van der Waals surface area contributed by atoms with Crippen LogP contribution >= 0.6 is 11.6 Å². The van der Waals surface area contributed by atoms with Gasteiger partial charge in [0.05, 0.1) is 10.6 Å². The van der Waals surface area contributed by atoms with E-state index in [-0.39, 0.29) is 10.6 Å². The van der Waals surface area contributed by atoms with Crippen molar-refractivity contribution in [2.24, 2.45) is 0 Å². The van der Waals surface area contributed by atoms with Crippen LogP contribution in [0.1, 0.15) is 0 Å². The van der Waals surface area contributed by atoms with Gasteiger partial charge < -0.3 is 0 Å². The third-order valence-corrected chi connectivity index (χ3v) is 3.43. The van der Waals surface area contributed by atoms with Gasteiger partial charge in [0, 0.05) is 5.02 Å². The molecule has 0 aliphatic carbocycles. The summed E-state index contributed by atoms with van der Waals surface area (Å²) in [5.41, 5.74) is 0. The molecule has 0 unspecified atom stereocenters. The molecule has 2 nitrogen and oxygen atoms in total. The van der Waals surface area contributed by atoms with Gasteiger partial charge in [0.2, 0.25) is 0 Å². The number of hydrogen-bond donors (Lipinski definition) is 0. The van der Waals surface area contributed by atoms with Crippen molar-refractivity contribution in [3.63, 3.8) is 0 Å². The van der Waals surface area contributed by atoms with E-state index in [0.29, 0.717) is 5.02 Å². The van der Waals surface area contributed by atoms with Gasteiger partial charge in [-0.2, -0.15) is 0 Å². The van der Waals surface area contributed by atoms with Gasteiger partial charge in [0.25, 0.3) is 0 Å². The van der Waals surface area contributed by atoms with Crippen LogP contribution in [0.4, 0.5) is 0 Å². The second-order valence-corrected chi connectivity index (χ2v) is 4.99. The van der Waals surface area contributed by atoms with Crippen molar-refractivity contribution in [3.05, 3.63) is 41.9 Å². The molecule has 0 aromatic heterocycles. The Morgan fingerprint density at radius 1 is 1.31 bits per heavy atom. The summed E-state index contributed by atoms with van der Waals surface area (Å²) in [6.45, 7) is 3.38. The molecule has 4 heteroatoms. The van der Waals surface area contributed by atoms with Crippen LogP contribution in [-0.2, 0) is 9.84 Å². The summed E-state index contributed by atoms with van der Waals surface area (Å²) in [6.07, 6.45) is 1.37. The fourth-order valence-electron chi connectivity index (χ4n) is 0.893. The van der Waals surface area contributed by atoms with E-state index in [9.17, 15) is 8.42 Å². The first-order chi connectivity index (χ1) is 6.06. The van der Waals surface area contributed by atoms with Crippen LogP contribution in [0, 0.1) is 0 Å². The maximum atomic E-state index is 11.4. The first-order valence-electron chi connectivity index (χ1n) is 3.65. The highest BCUT2D eigenvalue weighted by molar-refractivity contribution is 7.91. The zero-order valence-electron chi connectivity index (χ0n) is 6.90. The summed E-state index contributed by atoms with van der Waals surface area (Å²) in [4.78, 5) is 0.275. The summed E-state index contributed by atoms with van der Waals surface area (Å²) in [7, 11) is -3.20. The Bertz CT molecular complexity index is 392. The summed E-state index contributed by atoms with van der Waals surface area (Å²) < 4.78 is 22.9. The van der Waals surface area contributed by atoms with Crippen molar-refractivity contribution in [2.45, 2.75) is 4.90 Å². The first kappa shape index (κ1) is 10.3. The van der Waals surface area contributed by atoms with E-state index in [2.05, 4.69) is 6.58 Å². The topological polar surface area (TPSA) is 34.1 Å². The minimum absolute atomic E-state index is 0.0470. The Morgan fingerprint density at radius 3 is 2.31 bits per heavy atom. The molecule has 13 heavy (non-hydrogen) atoms. The maximum Gasteiger partial charge on any atom is 0.181 e. The monoisotopic (exact) mass is 216 g/mol. The summed E-state index contributed by atoms with van der Waals surface area (Å²) >= 11 is 5.62. The van der Waals surface area contributed by atoms with E-state index < -0.39 is 9.84 Å². The summed E-state index contributed by atoms with van der Waals surface area (Å²) in [6, 6.07) is 6.08. The molecule has 0 aliphatic rings. The molecule has 0 bridgehead atoms. The molecule has 1 rings (SSSR count). The quantitative estimate of drug-likeness (QED) is 0.727. The lowest BCUT2D eigenvalue weighted by molar-refractivity contribution is 0.599. The number of benzene rings is 1. The molecule has 0 fully saturated rings.